The fraction of sp³-hybridized carbons (Fsp3) is 0.357. The second-order valence-corrected chi connectivity index (χ2v) is 4.65. The smallest absolute Gasteiger partial charge is 0.211 e. The van der Waals surface area contributed by atoms with Gasteiger partial charge in [-0.05, 0) is 43.8 Å². The number of amides is 1. The first-order valence-electron chi connectivity index (χ1n) is 6.27. The molecule has 2 N–H and O–H groups in total. The fourth-order valence-corrected chi connectivity index (χ4v) is 2.35. The molecule has 0 aliphatic rings. The van der Waals surface area contributed by atoms with Gasteiger partial charge in [-0.3, -0.25) is 4.79 Å². The fourth-order valence-electron chi connectivity index (χ4n) is 2.35. The number of fused-ring (bicyclic) bond motifs is 1. The SMILES string of the molecule is [B]CC(=O)NCCc1c(C)[nH]c2c(F)ccc(C)c12. The highest BCUT2D eigenvalue weighted by Gasteiger charge is 2.13. The van der Waals surface area contributed by atoms with Crippen molar-refractivity contribution in [1.82, 2.24) is 10.3 Å². The molecule has 0 bridgehead atoms. The van der Waals surface area contributed by atoms with E-state index in [9.17, 15) is 9.18 Å². The maximum Gasteiger partial charge on any atom is 0.211 e. The summed E-state index contributed by atoms with van der Waals surface area (Å²) in [5, 5.41) is 3.64. The van der Waals surface area contributed by atoms with Crippen molar-refractivity contribution in [2.45, 2.75) is 26.6 Å². The number of hydrogen-bond acceptors (Lipinski definition) is 1. The van der Waals surface area contributed by atoms with Gasteiger partial charge in [0.15, 0.2) is 0 Å². The summed E-state index contributed by atoms with van der Waals surface area (Å²) in [6, 6.07) is 3.24. The predicted molar refractivity (Wildman–Crippen MR) is 75.0 cm³/mol. The number of rotatable bonds is 4. The lowest BCUT2D eigenvalue weighted by Gasteiger charge is -2.06. The molecule has 1 heterocycles. The molecule has 2 radical (unpaired) electrons. The minimum atomic E-state index is -0.249. The third-order valence-electron chi connectivity index (χ3n) is 3.31. The second kappa shape index (κ2) is 5.47. The Morgan fingerprint density at radius 1 is 1.42 bits per heavy atom. The van der Waals surface area contributed by atoms with Crippen LogP contribution in [0, 0.1) is 19.7 Å². The molecule has 2 rings (SSSR count). The molecule has 0 spiro atoms. The van der Waals surface area contributed by atoms with Crippen LogP contribution in [-0.4, -0.2) is 25.3 Å². The summed E-state index contributed by atoms with van der Waals surface area (Å²) in [6.07, 6.45) is 0.641. The Labute approximate surface area is 113 Å². The highest BCUT2D eigenvalue weighted by Crippen LogP contribution is 2.27. The molecule has 1 amide bonds. The van der Waals surface area contributed by atoms with Crippen LogP contribution in [0.15, 0.2) is 12.1 Å². The van der Waals surface area contributed by atoms with Crippen molar-refractivity contribution in [3.63, 3.8) is 0 Å². The van der Waals surface area contributed by atoms with E-state index < -0.39 is 0 Å². The molecule has 1 aromatic heterocycles. The van der Waals surface area contributed by atoms with E-state index in [4.69, 9.17) is 7.85 Å². The van der Waals surface area contributed by atoms with Crippen LogP contribution in [0.1, 0.15) is 16.8 Å². The Kier molecular flexibility index (Phi) is 3.93. The highest BCUT2D eigenvalue weighted by atomic mass is 19.1. The van der Waals surface area contributed by atoms with E-state index >= 15 is 0 Å². The van der Waals surface area contributed by atoms with Gasteiger partial charge in [-0.2, -0.15) is 0 Å². The van der Waals surface area contributed by atoms with Gasteiger partial charge in [-0.25, -0.2) is 4.39 Å². The van der Waals surface area contributed by atoms with Gasteiger partial charge < -0.3 is 10.3 Å². The molecule has 98 valence electrons. The standard InChI is InChI=1S/C14H16BFN2O/c1-8-3-4-11(16)14-13(8)10(9(2)18-14)5-6-17-12(19)7-15/h3-4,18H,5-7H2,1-2H3,(H,17,19). The van der Waals surface area contributed by atoms with E-state index in [0.717, 1.165) is 22.2 Å². The van der Waals surface area contributed by atoms with E-state index in [0.29, 0.717) is 18.5 Å². The van der Waals surface area contributed by atoms with Crippen molar-refractivity contribution in [3.05, 3.63) is 34.8 Å². The van der Waals surface area contributed by atoms with Crippen LogP contribution in [-0.2, 0) is 11.2 Å². The molecule has 2 aromatic rings. The number of nitrogens with one attached hydrogen (secondary N) is 2. The summed E-state index contributed by atoms with van der Waals surface area (Å²) in [4.78, 5) is 14.2. The van der Waals surface area contributed by atoms with Crippen LogP contribution >= 0.6 is 0 Å². The van der Waals surface area contributed by atoms with Crippen LogP contribution in [0.4, 0.5) is 4.39 Å². The number of benzene rings is 1. The minimum absolute atomic E-state index is 0.0134. The topological polar surface area (TPSA) is 44.9 Å². The molecule has 0 aliphatic carbocycles. The first kappa shape index (κ1) is 13.7. The van der Waals surface area contributed by atoms with Crippen LogP contribution in [0.2, 0.25) is 6.32 Å². The third-order valence-corrected chi connectivity index (χ3v) is 3.31. The van der Waals surface area contributed by atoms with Gasteiger partial charge in [0, 0.05) is 17.6 Å². The number of aromatic nitrogens is 1. The zero-order valence-electron chi connectivity index (χ0n) is 11.1. The zero-order valence-corrected chi connectivity index (χ0v) is 11.1. The van der Waals surface area contributed by atoms with Crippen molar-refractivity contribution < 1.29 is 9.18 Å². The maximum atomic E-state index is 13.7. The Morgan fingerprint density at radius 2 is 2.16 bits per heavy atom. The third kappa shape index (κ3) is 2.65. The van der Waals surface area contributed by atoms with E-state index in [-0.39, 0.29) is 18.0 Å². The largest absolute Gasteiger partial charge is 0.356 e. The maximum absolute atomic E-state index is 13.7. The average molecular weight is 258 g/mol. The van der Waals surface area contributed by atoms with Crippen molar-refractivity contribution in [2.75, 3.05) is 6.54 Å². The van der Waals surface area contributed by atoms with Crippen LogP contribution in [0.5, 0.6) is 0 Å². The first-order valence-corrected chi connectivity index (χ1v) is 6.27. The Morgan fingerprint density at radius 3 is 2.84 bits per heavy atom. The normalized spacial score (nSPS) is 10.9. The van der Waals surface area contributed by atoms with Crippen molar-refractivity contribution in [3.8, 4) is 0 Å². The highest BCUT2D eigenvalue weighted by molar-refractivity contribution is 6.19. The zero-order chi connectivity index (χ0) is 14.0. The molecular formula is C14H16BFN2O. The Bertz CT molecular complexity index is 621. The summed E-state index contributed by atoms with van der Waals surface area (Å²) < 4.78 is 13.7. The van der Waals surface area contributed by atoms with E-state index in [1.165, 1.54) is 6.07 Å². The minimum Gasteiger partial charge on any atom is -0.356 e. The molecule has 1 aromatic carbocycles. The van der Waals surface area contributed by atoms with Gasteiger partial charge in [0.25, 0.3) is 0 Å². The molecule has 0 saturated carbocycles. The van der Waals surface area contributed by atoms with Gasteiger partial charge in [0.05, 0.1) is 13.4 Å². The molecule has 0 saturated heterocycles. The number of hydrogen-bond donors (Lipinski definition) is 2. The van der Waals surface area contributed by atoms with Gasteiger partial charge in [-0.1, -0.05) is 6.07 Å². The number of H-pyrrole nitrogens is 1. The lowest BCUT2D eigenvalue weighted by molar-refractivity contribution is -0.118. The quantitative estimate of drug-likeness (QED) is 0.811. The van der Waals surface area contributed by atoms with Crippen molar-refractivity contribution >= 4 is 24.7 Å². The number of carbonyl (C=O) groups is 1. The molecular weight excluding hydrogens is 242 g/mol. The summed E-state index contributed by atoms with van der Waals surface area (Å²) in [6.45, 7) is 4.37. The second-order valence-electron chi connectivity index (χ2n) is 4.65. The number of aromatic amines is 1. The molecule has 0 aliphatic heterocycles. The van der Waals surface area contributed by atoms with Gasteiger partial charge in [0.2, 0.25) is 5.91 Å². The molecule has 19 heavy (non-hydrogen) atoms. The monoisotopic (exact) mass is 258 g/mol. The lowest BCUT2D eigenvalue weighted by atomic mass is 10.0. The number of aryl methyl sites for hydroxylation is 2. The summed E-state index contributed by atoms with van der Waals surface area (Å²) >= 11 is 0. The van der Waals surface area contributed by atoms with Crippen molar-refractivity contribution in [1.29, 1.82) is 0 Å². The van der Waals surface area contributed by atoms with Crippen LogP contribution in [0.3, 0.4) is 0 Å². The predicted octanol–water partition coefficient (Wildman–Crippen LogP) is 2.17. The summed E-state index contributed by atoms with van der Waals surface area (Å²) in [5.41, 5.74) is 3.55. The van der Waals surface area contributed by atoms with E-state index in [1.807, 2.05) is 13.8 Å². The van der Waals surface area contributed by atoms with Crippen LogP contribution in [0.25, 0.3) is 10.9 Å². The Hall–Kier alpha value is -1.78. The summed E-state index contributed by atoms with van der Waals surface area (Å²) in [5.74, 6) is -0.429. The van der Waals surface area contributed by atoms with Crippen LogP contribution < -0.4 is 5.32 Å². The number of halogens is 1. The summed E-state index contributed by atoms with van der Waals surface area (Å²) in [7, 11) is 5.23. The molecule has 0 unspecified atom stereocenters. The molecule has 3 nitrogen and oxygen atoms in total. The first-order chi connectivity index (χ1) is 9.04. The van der Waals surface area contributed by atoms with E-state index in [2.05, 4.69) is 10.3 Å². The molecule has 0 fully saturated rings. The Balaban J connectivity index is 2.30. The van der Waals surface area contributed by atoms with Gasteiger partial charge in [-0.15, -0.1) is 0 Å². The average Bonchev–Trinajstić information content (AvgIpc) is 2.72. The van der Waals surface area contributed by atoms with E-state index in [1.54, 1.807) is 6.07 Å². The molecule has 0 atom stereocenters. The van der Waals surface area contributed by atoms with Gasteiger partial charge in [0.1, 0.15) is 5.82 Å². The molecule has 5 heteroatoms. The van der Waals surface area contributed by atoms with Gasteiger partial charge >= 0.3 is 0 Å². The lowest BCUT2D eigenvalue weighted by Crippen LogP contribution is -2.24. The number of carbonyl (C=O) groups excluding carboxylic acids is 1. The van der Waals surface area contributed by atoms with Crippen molar-refractivity contribution in [2.24, 2.45) is 0 Å².